The van der Waals surface area contributed by atoms with Crippen molar-refractivity contribution in [3.8, 4) is 17.1 Å². The molecule has 0 aliphatic carbocycles. The van der Waals surface area contributed by atoms with E-state index in [4.69, 9.17) is 4.42 Å². The summed E-state index contributed by atoms with van der Waals surface area (Å²) in [5.74, 6) is 1.53. The molecule has 0 amide bonds. The Morgan fingerprint density at radius 1 is 1.07 bits per heavy atom. The van der Waals surface area contributed by atoms with Gasteiger partial charge in [-0.15, -0.1) is 22.8 Å². The number of hydrogen-bond acceptors (Lipinski definition) is 4. The number of oxazole rings is 1. The molecule has 0 unspecified atom stereocenters. The molecule has 0 spiro atoms. The first-order valence-electron chi connectivity index (χ1n) is 8.84. The molecule has 2 aromatic heterocycles. The van der Waals surface area contributed by atoms with Crippen LogP contribution in [0.5, 0.6) is 0 Å². The van der Waals surface area contributed by atoms with Gasteiger partial charge in [-0.05, 0) is 23.0 Å². The maximum absolute atomic E-state index is 5.44. The van der Waals surface area contributed by atoms with Crippen molar-refractivity contribution in [2.45, 2.75) is 39.5 Å². The smallest absolute Gasteiger partial charge is 0.170 e. The van der Waals surface area contributed by atoms with Gasteiger partial charge in [-0.25, -0.2) is 0 Å². The average molecular weight is 538 g/mol. The van der Waals surface area contributed by atoms with Gasteiger partial charge in [0, 0.05) is 31.3 Å². The molecule has 0 aliphatic heterocycles. The number of benzene rings is 2. The minimum absolute atomic E-state index is 0. The van der Waals surface area contributed by atoms with E-state index < -0.39 is 0 Å². The van der Waals surface area contributed by atoms with Crippen LogP contribution in [0.25, 0.3) is 28.2 Å². The molecule has 27 heavy (non-hydrogen) atoms. The first kappa shape index (κ1) is 19.5. The van der Waals surface area contributed by atoms with Crippen molar-refractivity contribution in [2.75, 3.05) is 0 Å². The molecule has 0 N–H and O–H groups in total. The van der Waals surface area contributed by atoms with Crippen LogP contribution in [-0.2, 0) is 20.1 Å². The molecule has 0 atom stereocenters. The van der Waals surface area contributed by atoms with Crippen molar-refractivity contribution in [1.29, 1.82) is 0 Å². The Morgan fingerprint density at radius 2 is 1.78 bits per heavy atom. The van der Waals surface area contributed by atoms with Gasteiger partial charge in [0.25, 0.3) is 0 Å². The molecule has 2 heterocycles. The summed E-state index contributed by atoms with van der Waals surface area (Å²) in [7, 11) is 0. The summed E-state index contributed by atoms with van der Waals surface area (Å²) in [6, 6.07) is 13.5. The number of hydrogen-bond donors (Lipinski definition) is 0. The monoisotopic (exact) mass is 538 g/mol. The van der Waals surface area contributed by atoms with Crippen molar-refractivity contribution in [3.63, 3.8) is 0 Å². The SMILES string of the molecule is CC(C)c1cccc(C(C)C)c1-n1cnnc1-c1[c-]cc2ncoc2c1.[Ir]. The standard InChI is InChI=1S/C21H21N4O.Ir/c1-13(2)16-6-5-7-17(14(3)4)20(16)25-11-23-24-21(25)15-8-9-18-19(10-15)26-12-22-18;/h5-7,9-14H,1-4H3;/q-1;. The zero-order valence-corrected chi connectivity index (χ0v) is 18.1. The van der Waals surface area contributed by atoms with Gasteiger partial charge in [0.05, 0.1) is 11.4 Å². The van der Waals surface area contributed by atoms with Crippen molar-refractivity contribution >= 4 is 11.1 Å². The third kappa shape index (κ3) is 3.47. The van der Waals surface area contributed by atoms with Gasteiger partial charge in [0.1, 0.15) is 6.33 Å². The van der Waals surface area contributed by atoms with Crippen LogP contribution in [0.1, 0.15) is 50.7 Å². The molecule has 5 nitrogen and oxygen atoms in total. The predicted octanol–water partition coefficient (Wildman–Crippen LogP) is 5.12. The minimum Gasteiger partial charge on any atom is -0.464 e. The van der Waals surface area contributed by atoms with E-state index in [-0.39, 0.29) is 20.1 Å². The van der Waals surface area contributed by atoms with Crippen molar-refractivity contribution in [3.05, 3.63) is 60.2 Å². The summed E-state index contributed by atoms with van der Waals surface area (Å²) >= 11 is 0. The Kier molecular flexibility index (Phi) is 5.58. The Hall–Kier alpha value is -2.30. The van der Waals surface area contributed by atoms with Gasteiger partial charge < -0.3 is 8.98 Å². The fourth-order valence-corrected chi connectivity index (χ4v) is 3.30. The molecular weight excluding hydrogens is 516 g/mol. The molecular formula is C21H21IrN4O-. The second-order valence-electron chi connectivity index (χ2n) is 7.07. The third-order valence-corrected chi connectivity index (χ3v) is 4.64. The van der Waals surface area contributed by atoms with Gasteiger partial charge in [-0.1, -0.05) is 52.0 Å². The fourth-order valence-electron chi connectivity index (χ4n) is 3.30. The Morgan fingerprint density at radius 3 is 2.44 bits per heavy atom. The van der Waals surface area contributed by atoms with E-state index in [1.807, 2.05) is 12.1 Å². The number of rotatable bonds is 4. The number of aromatic nitrogens is 4. The number of nitrogens with zero attached hydrogens (tertiary/aromatic N) is 4. The van der Waals surface area contributed by atoms with Gasteiger partial charge in [0.15, 0.2) is 6.39 Å². The van der Waals surface area contributed by atoms with E-state index in [1.54, 1.807) is 6.33 Å². The van der Waals surface area contributed by atoms with Crippen molar-refractivity contribution < 1.29 is 24.5 Å². The topological polar surface area (TPSA) is 56.7 Å². The predicted molar refractivity (Wildman–Crippen MR) is 101 cm³/mol. The maximum Gasteiger partial charge on any atom is 0.170 e. The van der Waals surface area contributed by atoms with E-state index in [2.05, 4.69) is 71.7 Å². The zero-order valence-electron chi connectivity index (χ0n) is 15.7. The summed E-state index contributed by atoms with van der Waals surface area (Å²) < 4.78 is 7.51. The van der Waals surface area contributed by atoms with Crippen LogP contribution in [0.4, 0.5) is 0 Å². The van der Waals surface area contributed by atoms with Gasteiger partial charge in [-0.2, -0.15) is 5.10 Å². The molecule has 1 radical (unpaired) electrons. The molecule has 141 valence electrons. The molecule has 0 bridgehead atoms. The molecule has 0 fully saturated rings. The first-order valence-corrected chi connectivity index (χ1v) is 8.84. The van der Waals surface area contributed by atoms with E-state index in [0.717, 1.165) is 28.2 Å². The van der Waals surface area contributed by atoms with Crippen molar-refractivity contribution in [1.82, 2.24) is 19.7 Å². The van der Waals surface area contributed by atoms with Crippen LogP contribution >= 0.6 is 0 Å². The largest absolute Gasteiger partial charge is 0.464 e. The zero-order chi connectivity index (χ0) is 18.3. The second kappa shape index (κ2) is 7.75. The first-order chi connectivity index (χ1) is 12.6. The van der Waals surface area contributed by atoms with E-state index in [9.17, 15) is 0 Å². The van der Waals surface area contributed by atoms with E-state index in [0.29, 0.717) is 11.8 Å². The van der Waals surface area contributed by atoms with Crippen LogP contribution in [0.2, 0.25) is 0 Å². The fraction of sp³-hybridized carbons (Fsp3) is 0.286. The Bertz CT molecular complexity index is 1040. The molecule has 0 saturated heterocycles. The van der Waals surface area contributed by atoms with Gasteiger partial charge in [0.2, 0.25) is 0 Å². The summed E-state index contributed by atoms with van der Waals surface area (Å²) in [5, 5.41) is 8.56. The van der Waals surface area contributed by atoms with Gasteiger partial charge in [-0.3, -0.25) is 4.98 Å². The molecule has 2 aromatic carbocycles. The van der Waals surface area contributed by atoms with Gasteiger partial charge >= 0.3 is 0 Å². The quantitative estimate of drug-likeness (QED) is 0.339. The molecule has 0 saturated carbocycles. The summed E-state index contributed by atoms with van der Waals surface area (Å²) in [4.78, 5) is 4.16. The van der Waals surface area contributed by atoms with E-state index >= 15 is 0 Å². The summed E-state index contributed by atoms with van der Waals surface area (Å²) in [5.41, 5.74) is 6.04. The molecule has 6 heteroatoms. The normalized spacial score (nSPS) is 11.3. The minimum atomic E-state index is 0. The number of para-hydroxylation sites is 1. The third-order valence-electron chi connectivity index (χ3n) is 4.64. The van der Waals surface area contributed by atoms with Crippen LogP contribution in [0.15, 0.2) is 47.5 Å². The average Bonchev–Trinajstić information content (AvgIpc) is 3.29. The van der Waals surface area contributed by atoms with Crippen molar-refractivity contribution in [2.24, 2.45) is 0 Å². The van der Waals surface area contributed by atoms with Crippen LogP contribution in [-0.4, -0.2) is 19.7 Å². The molecule has 4 aromatic rings. The Labute approximate surface area is 172 Å². The Balaban J connectivity index is 0.00000210. The van der Waals surface area contributed by atoms with Crippen LogP contribution in [0, 0.1) is 6.07 Å². The van der Waals surface area contributed by atoms with Crippen LogP contribution < -0.4 is 0 Å². The van der Waals surface area contributed by atoms with Crippen LogP contribution in [0.3, 0.4) is 0 Å². The van der Waals surface area contributed by atoms with E-state index in [1.165, 1.54) is 17.5 Å². The number of fused-ring (bicyclic) bond motifs is 1. The maximum atomic E-state index is 5.44. The second-order valence-corrected chi connectivity index (χ2v) is 7.07. The summed E-state index contributed by atoms with van der Waals surface area (Å²) in [6.07, 6.45) is 3.22. The summed E-state index contributed by atoms with van der Waals surface area (Å²) in [6.45, 7) is 8.83. The molecule has 4 rings (SSSR count). The molecule has 0 aliphatic rings.